The Hall–Kier alpha value is -2.94. The molecular weight excluding hydrogens is 270 g/mol. The number of nitrogens with one attached hydrogen (secondary N) is 2. The smallest absolute Gasteiger partial charge is 0.315 e. The summed E-state index contributed by atoms with van der Waals surface area (Å²) in [5.74, 6) is 5.28. The number of carbonyl (C=O) groups excluding carboxylic acids is 2. The van der Waals surface area contributed by atoms with Crippen LogP contribution in [0.2, 0.25) is 0 Å². The Morgan fingerprint density at radius 3 is 2.76 bits per heavy atom. The molecule has 0 aliphatic heterocycles. The van der Waals surface area contributed by atoms with Crippen LogP contribution in [0, 0.1) is 11.8 Å². The average molecular weight is 287 g/mol. The molecule has 110 valence electrons. The minimum atomic E-state index is -0.556. The zero-order valence-corrected chi connectivity index (χ0v) is 11.5. The van der Waals surface area contributed by atoms with Gasteiger partial charge in [-0.25, -0.2) is 4.79 Å². The maximum absolute atomic E-state index is 11.2. The van der Waals surface area contributed by atoms with Crippen LogP contribution in [-0.2, 0) is 0 Å². The Bertz CT molecular complexity index is 573. The van der Waals surface area contributed by atoms with E-state index in [-0.39, 0.29) is 19.2 Å². The third kappa shape index (κ3) is 6.16. The monoisotopic (exact) mass is 287 g/mol. The number of carbonyl (C=O) groups is 2. The van der Waals surface area contributed by atoms with Crippen molar-refractivity contribution in [3.05, 3.63) is 42.5 Å². The quantitative estimate of drug-likeness (QED) is 0.530. The molecular formula is C15H17N3O3. The molecule has 0 aliphatic carbocycles. The lowest BCUT2D eigenvalue weighted by molar-refractivity contribution is 0.0997. The summed E-state index contributed by atoms with van der Waals surface area (Å²) in [5, 5.41) is 5.10. The van der Waals surface area contributed by atoms with Crippen molar-refractivity contribution in [1.29, 1.82) is 0 Å². The van der Waals surface area contributed by atoms with Crippen LogP contribution < -0.4 is 21.1 Å². The second-order valence-electron chi connectivity index (χ2n) is 3.85. The van der Waals surface area contributed by atoms with Crippen LogP contribution in [0.4, 0.5) is 4.79 Å². The van der Waals surface area contributed by atoms with Gasteiger partial charge in [-0.05, 0) is 12.1 Å². The van der Waals surface area contributed by atoms with Crippen molar-refractivity contribution in [2.24, 2.45) is 5.73 Å². The SMILES string of the molecule is C=CCNC(=O)NCC#CCOc1ccccc1C(N)=O. The van der Waals surface area contributed by atoms with Crippen molar-refractivity contribution >= 4 is 11.9 Å². The zero-order valence-electron chi connectivity index (χ0n) is 11.5. The summed E-state index contributed by atoms with van der Waals surface area (Å²) in [7, 11) is 0. The van der Waals surface area contributed by atoms with Gasteiger partial charge in [0.2, 0.25) is 0 Å². The van der Waals surface area contributed by atoms with Crippen molar-refractivity contribution < 1.29 is 14.3 Å². The van der Waals surface area contributed by atoms with Gasteiger partial charge in [-0.2, -0.15) is 0 Å². The van der Waals surface area contributed by atoms with Crippen LogP contribution in [0.3, 0.4) is 0 Å². The lowest BCUT2D eigenvalue weighted by Crippen LogP contribution is -2.35. The van der Waals surface area contributed by atoms with Crippen molar-refractivity contribution in [2.45, 2.75) is 0 Å². The van der Waals surface area contributed by atoms with E-state index in [2.05, 4.69) is 29.1 Å². The van der Waals surface area contributed by atoms with Gasteiger partial charge in [-0.15, -0.1) is 6.58 Å². The van der Waals surface area contributed by atoms with Gasteiger partial charge in [-0.1, -0.05) is 30.0 Å². The molecule has 0 radical (unpaired) electrons. The molecule has 0 heterocycles. The molecule has 1 aromatic carbocycles. The van der Waals surface area contributed by atoms with Crippen LogP contribution in [0.25, 0.3) is 0 Å². The molecule has 21 heavy (non-hydrogen) atoms. The number of benzene rings is 1. The third-order valence-corrected chi connectivity index (χ3v) is 2.32. The van der Waals surface area contributed by atoms with E-state index in [1.807, 2.05) is 0 Å². The lowest BCUT2D eigenvalue weighted by atomic mass is 10.2. The lowest BCUT2D eigenvalue weighted by Gasteiger charge is -2.05. The van der Waals surface area contributed by atoms with E-state index in [0.29, 0.717) is 17.9 Å². The summed E-state index contributed by atoms with van der Waals surface area (Å²) >= 11 is 0. The zero-order chi connectivity index (χ0) is 15.5. The van der Waals surface area contributed by atoms with Crippen LogP contribution in [0.5, 0.6) is 5.75 Å². The van der Waals surface area contributed by atoms with Crippen molar-refractivity contribution in [2.75, 3.05) is 19.7 Å². The van der Waals surface area contributed by atoms with Gasteiger partial charge >= 0.3 is 6.03 Å². The molecule has 0 atom stereocenters. The van der Waals surface area contributed by atoms with Crippen molar-refractivity contribution in [3.8, 4) is 17.6 Å². The number of hydrogen-bond donors (Lipinski definition) is 3. The molecule has 4 N–H and O–H groups in total. The second-order valence-corrected chi connectivity index (χ2v) is 3.85. The number of ether oxygens (including phenoxy) is 1. The number of hydrogen-bond acceptors (Lipinski definition) is 3. The number of amides is 3. The molecule has 0 saturated carbocycles. The summed E-state index contributed by atoms with van der Waals surface area (Å²) in [6.45, 7) is 4.17. The fourth-order valence-electron chi connectivity index (χ4n) is 1.38. The summed E-state index contributed by atoms with van der Waals surface area (Å²) in [4.78, 5) is 22.3. The first-order valence-corrected chi connectivity index (χ1v) is 6.25. The predicted molar refractivity (Wildman–Crippen MR) is 79.8 cm³/mol. The highest BCUT2D eigenvalue weighted by Gasteiger charge is 2.06. The van der Waals surface area contributed by atoms with E-state index < -0.39 is 5.91 Å². The van der Waals surface area contributed by atoms with E-state index in [4.69, 9.17) is 10.5 Å². The maximum atomic E-state index is 11.2. The molecule has 0 aliphatic rings. The molecule has 0 unspecified atom stereocenters. The number of urea groups is 1. The fraction of sp³-hybridized carbons (Fsp3) is 0.200. The highest BCUT2D eigenvalue weighted by Crippen LogP contribution is 2.16. The van der Waals surface area contributed by atoms with Crippen molar-refractivity contribution in [3.63, 3.8) is 0 Å². The molecule has 0 saturated heterocycles. The maximum Gasteiger partial charge on any atom is 0.315 e. The van der Waals surface area contributed by atoms with Gasteiger partial charge in [0, 0.05) is 6.54 Å². The molecule has 6 nitrogen and oxygen atoms in total. The van der Waals surface area contributed by atoms with Gasteiger partial charge in [0.15, 0.2) is 0 Å². The van der Waals surface area contributed by atoms with Gasteiger partial charge in [-0.3, -0.25) is 4.79 Å². The van der Waals surface area contributed by atoms with Gasteiger partial charge in [0.05, 0.1) is 12.1 Å². The summed E-state index contributed by atoms with van der Waals surface area (Å²) < 4.78 is 5.35. The topological polar surface area (TPSA) is 93.4 Å². The number of nitrogens with two attached hydrogens (primary N) is 1. The van der Waals surface area contributed by atoms with E-state index in [1.165, 1.54) is 0 Å². The normalized spacial score (nSPS) is 8.95. The Morgan fingerprint density at radius 1 is 1.29 bits per heavy atom. The summed E-state index contributed by atoms with van der Waals surface area (Å²) in [5.41, 5.74) is 5.53. The number of rotatable bonds is 6. The van der Waals surface area contributed by atoms with Crippen molar-refractivity contribution in [1.82, 2.24) is 10.6 Å². The molecule has 0 fully saturated rings. The molecule has 0 spiro atoms. The predicted octanol–water partition coefficient (Wildman–Crippen LogP) is 0.653. The van der Waals surface area contributed by atoms with E-state index >= 15 is 0 Å². The fourth-order valence-corrected chi connectivity index (χ4v) is 1.38. The summed E-state index contributed by atoms with van der Waals surface area (Å²) in [6.07, 6.45) is 1.58. The van der Waals surface area contributed by atoms with E-state index in [0.717, 1.165) is 0 Å². The van der Waals surface area contributed by atoms with Gasteiger partial charge < -0.3 is 21.1 Å². The largest absolute Gasteiger partial charge is 0.480 e. The molecule has 0 bridgehead atoms. The molecule has 3 amide bonds. The summed E-state index contributed by atoms with van der Waals surface area (Å²) in [6, 6.07) is 6.34. The average Bonchev–Trinajstić information content (AvgIpc) is 2.48. The van der Waals surface area contributed by atoms with Crippen LogP contribution in [-0.4, -0.2) is 31.6 Å². The Morgan fingerprint density at radius 2 is 2.05 bits per heavy atom. The third-order valence-electron chi connectivity index (χ3n) is 2.32. The Labute approximate surface area is 123 Å². The molecule has 0 aromatic heterocycles. The highest BCUT2D eigenvalue weighted by molar-refractivity contribution is 5.95. The van der Waals surface area contributed by atoms with Crippen LogP contribution in [0.1, 0.15) is 10.4 Å². The van der Waals surface area contributed by atoms with Crippen LogP contribution >= 0.6 is 0 Å². The number of primary amides is 1. The molecule has 1 rings (SSSR count). The minimum Gasteiger partial charge on any atom is -0.480 e. The molecule has 6 heteroatoms. The van der Waals surface area contributed by atoms with E-state index in [1.54, 1.807) is 30.3 Å². The first-order chi connectivity index (χ1) is 10.1. The van der Waals surface area contributed by atoms with Gasteiger partial charge in [0.1, 0.15) is 12.4 Å². The van der Waals surface area contributed by atoms with E-state index in [9.17, 15) is 9.59 Å². The molecule has 1 aromatic rings. The standard InChI is InChI=1S/C15H17N3O3/c1-2-9-17-15(20)18-10-5-6-11-21-13-8-4-3-7-12(13)14(16)19/h2-4,7-8H,1,9-11H2,(H2,16,19)(H2,17,18,20). The second kappa shape index (κ2) is 9.04. The minimum absolute atomic E-state index is 0.0975. The highest BCUT2D eigenvalue weighted by atomic mass is 16.5. The first kappa shape index (κ1) is 16.1. The Kier molecular flexibility index (Phi) is 6.94. The number of para-hydroxylation sites is 1. The first-order valence-electron chi connectivity index (χ1n) is 6.25. The van der Waals surface area contributed by atoms with Gasteiger partial charge in [0.25, 0.3) is 5.91 Å². The van der Waals surface area contributed by atoms with Crippen LogP contribution in [0.15, 0.2) is 36.9 Å². The Balaban J connectivity index is 2.35.